The van der Waals surface area contributed by atoms with E-state index in [1.807, 2.05) is 18.2 Å². The molecule has 3 nitrogen and oxygen atoms in total. The molecule has 0 unspecified atom stereocenters. The van der Waals surface area contributed by atoms with E-state index in [2.05, 4.69) is 48.5 Å². The lowest BCUT2D eigenvalue weighted by Crippen LogP contribution is -1.94. The van der Waals surface area contributed by atoms with Gasteiger partial charge in [0.25, 0.3) is 0 Å². The molecule has 0 radical (unpaired) electrons. The zero-order chi connectivity index (χ0) is 22.1. The van der Waals surface area contributed by atoms with Crippen LogP contribution in [0.25, 0.3) is 22.3 Å². The number of ether oxygens (including phenoxy) is 2. The lowest BCUT2D eigenvalue weighted by Gasteiger charge is -2.12. The van der Waals surface area contributed by atoms with Crippen LogP contribution in [-0.4, -0.2) is 14.2 Å². The fourth-order valence-corrected chi connectivity index (χ4v) is 3.15. The number of hydrogen-bond acceptors (Lipinski definition) is 3. The fourth-order valence-electron chi connectivity index (χ4n) is 3.15. The molecule has 0 spiro atoms. The Kier molecular flexibility index (Phi) is 7.40. The van der Waals surface area contributed by atoms with E-state index in [-0.39, 0.29) is 5.56 Å². The summed E-state index contributed by atoms with van der Waals surface area (Å²) in [6, 6.07) is 32.4. The van der Waals surface area contributed by atoms with Crippen molar-refractivity contribution in [2.24, 2.45) is 0 Å². The molecule has 0 amide bonds. The van der Waals surface area contributed by atoms with Gasteiger partial charge in [0.1, 0.15) is 11.9 Å². The third-order valence-electron chi connectivity index (χ3n) is 4.68. The fraction of sp³-hybridized carbons (Fsp3) is 0.0741. The molecule has 0 aromatic heterocycles. The van der Waals surface area contributed by atoms with Crippen molar-refractivity contribution in [1.29, 1.82) is 5.26 Å². The average molecular weight is 411 g/mol. The molecule has 4 aromatic rings. The van der Waals surface area contributed by atoms with Gasteiger partial charge in [-0.05, 0) is 34.9 Å². The number of para-hydroxylation sites is 1. The Morgan fingerprint density at radius 2 is 1.29 bits per heavy atom. The molecule has 4 aromatic carbocycles. The molecule has 0 saturated heterocycles. The summed E-state index contributed by atoms with van der Waals surface area (Å²) < 4.78 is 24.2. The van der Waals surface area contributed by atoms with E-state index in [9.17, 15) is 4.39 Å². The van der Waals surface area contributed by atoms with Gasteiger partial charge in [-0.15, -0.1) is 0 Å². The van der Waals surface area contributed by atoms with Crippen LogP contribution in [0.3, 0.4) is 0 Å². The molecule has 0 N–H and O–H groups in total. The summed E-state index contributed by atoms with van der Waals surface area (Å²) in [7, 11) is 3.07. The van der Waals surface area contributed by atoms with Crippen molar-refractivity contribution in [3.05, 3.63) is 108 Å². The van der Waals surface area contributed by atoms with Crippen molar-refractivity contribution >= 4 is 0 Å². The molecule has 0 aliphatic carbocycles. The van der Waals surface area contributed by atoms with Gasteiger partial charge < -0.3 is 9.47 Å². The van der Waals surface area contributed by atoms with Crippen LogP contribution < -0.4 is 9.47 Å². The van der Waals surface area contributed by atoms with Gasteiger partial charge in [-0.2, -0.15) is 5.26 Å². The van der Waals surface area contributed by atoms with E-state index < -0.39 is 5.82 Å². The standard InChI is InChI=1S/C15H12FNO2.C12H10/c1-18-14-5-3-4-12(15(14)19-2)10-6-7-11(9-17)13(16)8-10;1-3-7-11(8-4-1)12-9-5-2-6-10-12/h3-8H,1-2H3;1-10H. The topological polar surface area (TPSA) is 42.2 Å². The first kappa shape index (κ1) is 21.6. The van der Waals surface area contributed by atoms with Crippen LogP contribution >= 0.6 is 0 Å². The Balaban J connectivity index is 0.000000194. The molecule has 4 heteroatoms. The highest BCUT2D eigenvalue weighted by Crippen LogP contribution is 2.38. The number of nitriles is 1. The predicted molar refractivity (Wildman–Crippen MR) is 122 cm³/mol. The summed E-state index contributed by atoms with van der Waals surface area (Å²) >= 11 is 0. The predicted octanol–water partition coefficient (Wildman–Crippen LogP) is 6.74. The third-order valence-corrected chi connectivity index (χ3v) is 4.68. The van der Waals surface area contributed by atoms with E-state index >= 15 is 0 Å². The molecule has 0 aliphatic rings. The van der Waals surface area contributed by atoms with Gasteiger partial charge in [0, 0.05) is 5.56 Å². The van der Waals surface area contributed by atoms with Gasteiger partial charge >= 0.3 is 0 Å². The van der Waals surface area contributed by atoms with E-state index in [4.69, 9.17) is 14.7 Å². The minimum atomic E-state index is -0.551. The molecule has 0 fully saturated rings. The van der Waals surface area contributed by atoms with Gasteiger partial charge in [0.05, 0.1) is 19.8 Å². The molecular weight excluding hydrogens is 389 g/mol. The first-order valence-electron chi connectivity index (χ1n) is 9.69. The Morgan fingerprint density at radius 3 is 1.77 bits per heavy atom. The molecule has 4 rings (SSSR count). The van der Waals surface area contributed by atoms with Crippen molar-refractivity contribution < 1.29 is 13.9 Å². The molecule has 154 valence electrons. The molecule has 31 heavy (non-hydrogen) atoms. The SMILES string of the molecule is COc1cccc(-c2ccc(C#N)c(F)c2)c1OC.c1ccc(-c2ccccc2)cc1. The quantitative estimate of drug-likeness (QED) is 0.374. The summed E-state index contributed by atoms with van der Waals surface area (Å²) in [6.07, 6.45) is 0. The molecule has 0 atom stereocenters. The van der Waals surface area contributed by atoms with Crippen LogP contribution in [0.2, 0.25) is 0 Å². The molecule has 0 saturated carbocycles. The van der Waals surface area contributed by atoms with E-state index in [1.165, 1.54) is 30.4 Å². The highest BCUT2D eigenvalue weighted by Gasteiger charge is 2.13. The molecular formula is C27H22FNO2. The number of methoxy groups -OCH3 is 2. The van der Waals surface area contributed by atoms with E-state index in [1.54, 1.807) is 31.4 Å². The second-order valence-corrected chi connectivity index (χ2v) is 6.58. The average Bonchev–Trinajstić information content (AvgIpc) is 2.85. The van der Waals surface area contributed by atoms with Crippen molar-refractivity contribution in [2.45, 2.75) is 0 Å². The third kappa shape index (κ3) is 5.29. The van der Waals surface area contributed by atoms with Crippen LogP contribution in [0, 0.1) is 17.1 Å². The van der Waals surface area contributed by atoms with Gasteiger partial charge in [-0.25, -0.2) is 4.39 Å². The number of halogens is 1. The van der Waals surface area contributed by atoms with E-state index in [0.29, 0.717) is 22.6 Å². The Bertz CT molecular complexity index is 1130. The van der Waals surface area contributed by atoms with Crippen LogP contribution in [0.4, 0.5) is 4.39 Å². The maximum absolute atomic E-state index is 13.7. The molecule has 0 bridgehead atoms. The van der Waals surface area contributed by atoms with Crippen LogP contribution in [0.15, 0.2) is 97.1 Å². The smallest absolute Gasteiger partial charge is 0.168 e. The minimum absolute atomic E-state index is 0.0191. The van der Waals surface area contributed by atoms with Gasteiger partial charge in [-0.1, -0.05) is 78.9 Å². The normalized spacial score (nSPS) is 9.74. The second kappa shape index (κ2) is 10.6. The van der Waals surface area contributed by atoms with Crippen LogP contribution in [0.5, 0.6) is 11.5 Å². The van der Waals surface area contributed by atoms with Gasteiger partial charge in [0.15, 0.2) is 11.5 Å². The van der Waals surface area contributed by atoms with Gasteiger partial charge in [-0.3, -0.25) is 0 Å². The number of hydrogen-bond donors (Lipinski definition) is 0. The second-order valence-electron chi connectivity index (χ2n) is 6.58. The van der Waals surface area contributed by atoms with E-state index in [0.717, 1.165) is 0 Å². The zero-order valence-electron chi connectivity index (χ0n) is 17.4. The Labute approximate surface area is 181 Å². The first-order valence-corrected chi connectivity index (χ1v) is 9.69. The maximum Gasteiger partial charge on any atom is 0.168 e. The highest BCUT2D eigenvalue weighted by molar-refractivity contribution is 5.74. The first-order chi connectivity index (χ1) is 15.2. The van der Waals surface area contributed by atoms with Crippen molar-refractivity contribution in [3.8, 4) is 39.8 Å². The number of nitrogens with zero attached hydrogens (tertiary/aromatic N) is 1. The summed E-state index contributed by atoms with van der Waals surface area (Å²) in [4.78, 5) is 0. The number of rotatable bonds is 4. The van der Waals surface area contributed by atoms with Crippen molar-refractivity contribution in [1.82, 2.24) is 0 Å². The van der Waals surface area contributed by atoms with Crippen molar-refractivity contribution in [2.75, 3.05) is 14.2 Å². The van der Waals surface area contributed by atoms with Crippen LogP contribution in [0.1, 0.15) is 5.56 Å². The number of benzene rings is 4. The van der Waals surface area contributed by atoms with Crippen molar-refractivity contribution in [3.63, 3.8) is 0 Å². The summed E-state index contributed by atoms with van der Waals surface area (Å²) in [5.74, 6) is 0.559. The lowest BCUT2D eigenvalue weighted by molar-refractivity contribution is 0.356. The Hall–Kier alpha value is -4.10. The van der Waals surface area contributed by atoms with Crippen LogP contribution in [-0.2, 0) is 0 Å². The highest BCUT2D eigenvalue weighted by atomic mass is 19.1. The van der Waals surface area contributed by atoms with Gasteiger partial charge in [0.2, 0.25) is 0 Å². The summed E-state index contributed by atoms with van der Waals surface area (Å²) in [5.41, 5.74) is 3.92. The summed E-state index contributed by atoms with van der Waals surface area (Å²) in [5, 5.41) is 8.73. The maximum atomic E-state index is 13.7. The Morgan fingerprint density at radius 1 is 0.677 bits per heavy atom. The minimum Gasteiger partial charge on any atom is -0.493 e. The largest absolute Gasteiger partial charge is 0.493 e. The molecule has 0 aliphatic heterocycles. The molecule has 0 heterocycles. The lowest BCUT2D eigenvalue weighted by atomic mass is 10.0. The zero-order valence-corrected chi connectivity index (χ0v) is 17.4. The summed E-state index contributed by atoms with van der Waals surface area (Å²) in [6.45, 7) is 0. The monoisotopic (exact) mass is 411 g/mol.